The van der Waals surface area contributed by atoms with Crippen LogP contribution in [0, 0.1) is 5.92 Å². The lowest BCUT2D eigenvalue weighted by Gasteiger charge is -2.07. The quantitative estimate of drug-likeness (QED) is 0.589. The van der Waals surface area contributed by atoms with Crippen LogP contribution in [-0.4, -0.2) is 18.1 Å². The van der Waals surface area contributed by atoms with Gasteiger partial charge in [-0.3, -0.25) is 0 Å². The fraction of sp³-hybridized carbons (Fsp3) is 0.714. The molecule has 52 valence electrons. The molecule has 0 spiro atoms. The average molecular weight is 143 g/mol. The smallest absolute Gasteiger partial charge is 0.0137 e. The predicted octanol–water partition coefficient (Wildman–Crippen LogP) is 1.25. The minimum absolute atomic E-state index is 0.672. The van der Waals surface area contributed by atoms with Crippen molar-refractivity contribution in [2.24, 2.45) is 11.7 Å². The van der Waals surface area contributed by atoms with Crippen molar-refractivity contribution < 1.29 is 0 Å². The summed E-state index contributed by atoms with van der Waals surface area (Å²) in [4.78, 5) is 0. The largest absolute Gasteiger partial charge is 0.327 e. The molecule has 0 aromatic rings. The van der Waals surface area contributed by atoms with E-state index in [1.54, 1.807) is 0 Å². The summed E-state index contributed by atoms with van der Waals surface area (Å²) in [6.45, 7) is 4.59. The van der Waals surface area contributed by atoms with Gasteiger partial charge in [0, 0.05) is 6.54 Å². The molecular formula is C7H13NS. The SMILES string of the molecule is C=C(CN)C1CCSC1. The number of nitrogens with two attached hydrogens (primary N) is 1. The van der Waals surface area contributed by atoms with Gasteiger partial charge in [0.15, 0.2) is 0 Å². The molecule has 0 aromatic heterocycles. The van der Waals surface area contributed by atoms with Crippen LogP contribution in [0.15, 0.2) is 12.2 Å². The molecule has 9 heavy (non-hydrogen) atoms. The van der Waals surface area contributed by atoms with E-state index in [0.717, 1.165) is 5.92 Å². The van der Waals surface area contributed by atoms with Crippen molar-refractivity contribution in [2.75, 3.05) is 18.1 Å². The van der Waals surface area contributed by atoms with Gasteiger partial charge in [-0.2, -0.15) is 11.8 Å². The normalized spacial score (nSPS) is 26.6. The lowest BCUT2D eigenvalue weighted by molar-refractivity contribution is 0.686. The van der Waals surface area contributed by atoms with Gasteiger partial charge in [0.2, 0.25) is 0 Å². The molecule has 1 atom stereocenters. The maximum atomic E-state index is 5.44. The highest BCUT2D eigenvalue weighted by Crippen LogP contribution is 2.27. The summed E-state index contributed by atoms with van der Waals surface area (Å²) >= 11 is 2.01. The average Bonchev–Trinajstić information content (AvgIpc) is 2.37. The maximum absolute atomic E-state index is 5.44. The van der Waals surface area contributed by atoms with E-state index in [-0.39, 0.29) is 0 Å². The fourth-order valence-corrected chi connectivity index (χ4v) is 2.33. The van der Waals surface area contributed by atoms with Crippen LogP contribution in [0.2, 0.25) is 0 Å². The third-order valence-electron chi connectivity index (χ3n) is 1.77. The second-order valence-electron chi connectivity index (χ2n) is 2.42. The standard InChI is InChI=1S/C7H13NS/c1-6(4-8)7-2-3-9-5-7/h7H,1-5,8H2. The Morgan fingerprint density at radius 2 is 2.56 bits per heavy atom. The van der Waals surface area contributed by atoms with E-state index in [1.807, 2.05) is 11.8 Å². The van der Waals surface area contributed by atoms with E-state index in [4.69, 9.17) is 5.73 Å². The van der Waals surface area contributed by atoms with Gasteiger partial charge in [-0.1, -0.05) is 12.2 Å². The first-order chi connectivity index (χ1) is 4.34. The molecule has 1 rings (SSSR count). The Kier molecular flexibility index (Phi) is 2.61. The van der Waals surface area contributed by atoms with Crippen LogP contribution in [0.5, 0.6) is 0 Å². The van der Waals surface area contributed by atoms with Gasteiger partial charge in [0.05, 0.1) is 0 Å². The number of hydrogen-bond donors (Lipinski definition) is 1. The highest BCUT2D eigenvalue weighted by molar-refractivity contribution is 7.99. The molecular weight excluding hydrogens is 130 g/mol. The minimum atomic E-state index is 0.672. The van der Waals surface area contributed by atoms with Gasteiger partial charge < -0.3 is 5.73 Å². The van der Waals surface area contributed by atoms with E-state index in [0.29, 0.717) is 6.54 Å². The van der Waals surface area contributed by atoms with Gasteiger partial charge in [-0.05, 0) is 23.8 Å². The van der Waals surface area contributed by atoms with Crippen LogP contribution in [0.25, 0.3) is 0 Å². The number of thioether (sulfide) groups is 1. The molecule has 1 aliphatic rings. The third kappa shape index (κ3) is 1.73. The monoisotopic (exact) mass is 143 g/mol. The van der Waals surface area contributed by atoms with Crippen molar-refractivity contribution in [3.05, 3.63) is 12.2 Å². The summed E-state index contributed by atoms with van der Waals surface area (Å²) in [5.41, 5.74) is 6.68. The molecule has 1 nitrogen and oxygen atoms in total. The number of rotatable bonds is 2. The molecule has 2 N–H and O–H groups in total. The molecule has 0 aliphatic carbocycles. The summed E-state index contributed by atoms with van der Waals surface area (Å²) in [5.74, 6) is 3.26. The summed E-state index contributed by atoms with van der Waals surface area (Å²) < 4.78 is 0. The van der Waals surface area contributed by atoms with Gasteiger partial charge >= 0.3 is 0 Å². The van der Waals surface area contributed by atoms with Gasteiger partial charge in [-0.15, -0.1) is 0 Å². The van der Waals surface area contributed by atoms with Gasteiger partial charge in [0.1, 0.15) is 0 Å². The van der Waals surface area contributed by atoms with Crippen LogP contribution in [-0.2, 0) is 0 Å². The molecule has 0 saturated carbocycles. The minimum Gasteiger partial charge on any atom is -0.327 e. The first-order valence-corrected chi connectivity index (χ1v) is 4.45. The molecule has 1 unspecified atom stereocenters. The molecule has 0 radical (unpaired) electrons. The zero-order chi connectivity index (χ0) is 6.69. The summed E-state index contributed by atoms with van der Waals surface area (Å²) in [6.07, 6.45) is 1.29. The predicted molar refractivity (Wildman–Crippen MR) is 43.6 cm³/mol. The Morgan fingerprint density at radius 3 is 3.00 bits per heavy atom. The highest BCUT2D eigenvalue weighted by Gasteiger charge is 2.16. The fourth-order valence-electron chi connectivity index (χ4n) is 1.02. The molecule has 1 saturated heterocycles. The van der Waals surface area contributed by atoms with E-state index < -0.39 is 0 Å². The Hall–Kier alpha value is 0.0500. The van der Waals surface area contributed by atoms with Crippen LogP contribution in [0.3, 0.4) is 0 Å². The van der Waals surface area contributed by atoms with Crippen molar-refractivity contribution in [3.63, 3.8) is 0 Å². The van der Waals surface area contributed by atoms with Crippen LogP contribution < -0.4 is 5.73 Å². The van der Waals surface area contributed by atoms with Gasteiger partial charge in [0.25, 0.3) is 0 Å². The van der Waals surface area contributed by atoms with Gasteiger partial charge in [-0.25, -0.2) is 0 Å². The van der Waals surface area contributed by atoms with Crippen LogP contribution in [0.1, 0.15) is 6.42 Å². The van der Waals surface area contributed by atoms with Crippen molar-refractivity contribution >= 4 is 11.8 Å². The van der Waals surface area contributed by atoms with E-state index in [2.05, 4.69) is 6.58 Å². The summed E-state index contributed by atoms with van der Waals surface area (Å²) in [6, 6.07) is 0. The zero-order valence-corrected chi connectivity index (χ0v) is 6.41. The van der Waals surface area contributed by atoms with Crippen LogP contribution in [0.4, 0.5) is 0 Å². The molecule has 2 heteroatoms. The molecule has 1 aliphatic heterocycles. The first kappa shape index (κ1) is 7.16. The van der Waals surface area contributed by atoms with Crippen molar-refractivity contribution in [3.8, 4) is 0 Å². The highest BCUT2D eigenvalue weighted by atomic mass is 32.2. The van der Waals surface area contributed by atoms with Crippen molar-refractivity contribution in [2.45, 2.75) is 6.42 Å². The van der Waals surface area contributed by atoms with E-state index in [1.165, 1.54) is 23.5 Å². The molecule has 1 heterocycles. The second kappa shape index (κ2) is 3.28. The van der Waals surface area contributed by atoms with Crippen molar-refractivity contribution in [1.29, 1.82) is 0 Å². The Balaban J connectivity index is 2.32. The summed E-state index contributed by atoms with van der Waals surface area (Å²) in [7, 11) is 0. The lowest BCUT2D eigenvalue weighted by Crippen LogP contribution is -2.11. The maximum Gasteiger partial charge on any atom is 0.0137 e. The molecule has 0 amide bonds. The third-order valence-corrected chi connectivity index (χ3v) is 2.93. The first-order valence-electron chi connectivity index (χ1n) is 3.30. The molecule has 0 bridgehead atoms. The van der Waals surface area contributed by atoms with Crippen molar-refractivity contribution in [1.82, 2.24) is 0 Å². The molecule has 0 aromatic carbocycles. The lowest BCUT2D eigenvalue weighted by atomic mass is 10.0. The molecule has 1 fully saturated rings. The Bertz CT molecular complexity index is 105. The summed E-state index contributed by atoms with van der Waals surface area (Å²) in [5, 5.41) is 0. The van der Waals surface area contributed by atoms with Crippen LogP contribution >= 0.6 is 11.8 Å². The Morgan fingerprint density at radius 1 is 1.78 bits per heavy atom. The zero-order valence-electron chi connectivity index (χ0n) is 5.60. The Labute approximate surface area is 60.7 Å². The van der Waals surface area contributed by atoms with E-state index >= 15 is 0 Å². The van der Waals surface area contributed by atoms with E-state index in [9.17, 15) is 0 Å². The second-order valence-corrected chi connectivity index (χ2v) is 3.57. The number of hydrogen-bond acceptors (Lipinski definition) is 2. The topological polar surface area (TPSA) is 26.0 Å².